The molecule has 1 amide bonds. The van der Waals surface area contributed by atoms with Crippen molar-refractivity contribution in [3.05, 3.63) is 31.2 Å². The number of ether oxygens (including phenoxy) is 1. The van der Waals surface area contributed by atoms with Crippen LogP contribution in [0.3, 0.4) is 0 Å². The third kappa shape index (κ3) is 3.75. The average molecular weight is 396 g/mol. The molecule has 0 aromatic carbocycles. The highest BCUT2D eigenvalue weighted by atomic mass is 32.2. The zero-order valence-corrected chi connectivity index (χ0v) is 16.2. The van der Waals surface area contributed by atoms with Gasteiger partial charge in [-0.05, 0) is 12.8 Å². The fourth-order valence-electron chi connectivity index (χ4n) is 3.30. The number of piperidine rings is 1. The molecule has 2 aromatic heterocycles. The van der Waals surface area contributed by atoms with Crippen LogP contribution in [-0.2, 0) is 32.1 Å². The van der Waals surface area contributed by atoms with Crippen LogP contribution in [-0.4, -0.2) is 71.1 Å². The molecule has 0 saturated carbocycles. The molecule has 1 aliphatic rings. The van der Waals surface area contributed by atoms with E-state index in [4.69, 9.17) is 4.74 Å². The maximum absolute atomic E-state index is 12.9. The topological polar surface area (TPSA) is 111 Å². The van der Waals surface area contributed by atoms with Crippen LogP contribution in [0.2, 0.25) is 0 Å². The Morgan fingerprint density at radius 3 is 2.63 bits per heavy atom. The number of nitrogens with zero attached hydrogens (tertiary/aromatic N) is 5. The summed E-state index contributed by atoms with van der Waals surface area (Å²) in [5.74, 6) is -0.160. The Hall–Kier alpha value is -2.24. The van der Waals surface area contributed by atoms with Crippen LogP contribution < -0.4 is 5.32 Å². The molecule has 148 valence electrons. The maximum atomic E-state index is 12.9. The minimum Gasteiger partial charge on any atom is -0.383 e. The van der Waals surface area contributed by atoms with Crippen LogP contribution in [0.5, 0.6) is 0 Å². The number of carbonyl (C=O) groups excluding carboxylic acids is 1. The molecular weight excluding hydrogens is 372 g/mol. The first-order valence-electron chi connectivity index (χ1n) is 8.64. The first kappa shape index (κ1) is 19.5. The van der Waals surface area contributed by atoms with Gasteiger partial charge in [0.25, 0.3) is 10.0 Å². The van der Waals surface area contributed by atoms with Crippen LogP contribution in [0.15, 0.2) is 36.3 Å². The lowest BCUT2D eigenvalue weighted by Gasteiger charge is -2.40. The molecule has 0 spiro atoms. The summed E-state index contributed by atoms with van der Waals surface area (Å²) in [5, 5.41) is 2.89. The number of imidazole rings is 2. The Kier molecular flexibility index (Phi) is 5.63. The van der Waals surface area contributed by atoms with E-state index in [0.717, 1.165) is 0 Å². The molecule has 0 unspecified atom stereocenters. The standard InChI is InChI=1S/C16H24N6O4S/c1-20-11-14(19-13-20)27(24,25)22-7-3-16(4-8-22,21-9-5-17-12-21)15(23)18-6-10-26-2/h5,9,11-13H,3-4,6-8,10H2,1-2H3,(H,18,23). The molecule has 27 heavy (non-hydrogen) atoms. The molecule has 3 rings (SSSR count). The van der Waals surface area contributed by atoms with Crippen molar-refractivity contribution in [2.24, 2.45) is 7.05 Å². The highest BCUT2D eigenvalue weighted by Gasteiger charge is 2.45. The molecule has 0 aliphatic carbocycles. The number of amides is 1. The molecule has 2 aromatic rings. The van der Waals surface area contributed by atoms with Gasteiger partial charge in [0.2, 0.25) is 5.91 Å². The van der Waals surface area contributed by atoms with Crippen molar-refractivity contribution >= 4 is 15.9 Å². The largest absolute Gasteiger partial charge is 0.383 e. The zero-order valence-electron chi connectivity index (χ0n) is 15.4. The van der Waals surface area contributed by atoms with Gasteiger partial charge in [0, 0.05) is 52.4 Å². The van der Waals surface area contributed by atoms with E-state index in [1.54, 1.807) is 42.0 Å². The van der Waals surface area contributed by atoms with Crippen LogP contribution in [0.4, 0.5) is 0 Å². The normalized spacial score (nSPS) is 17.7. The smallest absolute Gasteiger partial charge is 0.262 e. The van der Waals surface area contributed by atoms with E-state index in [1.807, 2.05) is 0 Å². The predicted molar refractivity (Wildman–Crippen MR) is 96.3 cm³/mol. The molecule has 1 saturated heterocycles. The summed E-state index contributed by atoms with van der Waals surface area (Å²) in [7, 11) is -0.395. The van der Waals surface area contributed by atoms with Crippen LogP contribution >= 0.6 is 0 Å². The predicted octanol–water partition coefficient (Wildman–Crippen LogP) is -0.441. The second-order valence-electron chi connectivity index (χ2n) is 6.53. The van der Waals surface area contributed by atoms with E-state index in [0.29, 0.717) is 26.0 Å². The van der Waals surface area contributed by atoms with Crippen molar-refractivity contribution in [2.75, 3.05) is 33.4 Å². The lowest BCUT2D eigenvalue weighted by molar-refractivity contribution is -0.132. The second-order valence-corrected chi connectivity index (χ2v) is 8.42. The van der Waals surface area contributed by atoms with Gasteiger partial charge in [-0.2, -0.15) is 4.31 Å². The van der Waals surface area contributed by atoms with E-state index in [2.05, 4.69) is 15.3 Å². The summed E-state index contributed by atoms with van der Waals surface area (Å²) in [5.41, 5.74) is -0.875. The summed E-state index contributed by atoms with van der Waals surface area (Å²) in [4.78, 5) is 20.9. The molecule has 1 fully saturated rings. The number of nitrogens with one attached hydrogen (secondary N) is 1. The molecule has 1 N–H and O–H groups in total. The van der Waals surface area contributed by atoms with Gasteiger partial charge in [0.15, 0.2) is 5.03 Å². The van der Waals surface area contributed by atoms with Crippen LogP contribution in [0.25, 0.3) is 0 Å². The van der Waals surface area contributed by atoms with Gasteiger partial charge < -0.3 is 19.2 Å². The molecule has 0 bridgehead atoms. The minimum atomic E-state index is -3.68. The zero-order chi connectivity index (χ0) is 19.5. The fraction of sp³-hybridized carbons (Fsp3) is 0.562. The molecule has 10 nitrogen and oxygen atoms in total. The molecule has 0 atom stereocenters. The number of sulfonamides is 1. The van der Waals surface area contributed by atoms with Crippen molar-refractivity contribution < 1.29 is 17.9 Å². The number of methoxy groups -OCH3 is 1. The van der Waals surface area contributed by atoms with Gasteiger partial charge in [0.05, 0.1) is 19.3 Å². The lowest BCUT2D eigenvalue weighted by atomic mass is 9.87. The Morgan fingerprint density at radius 1 is 1.33 bits per heavy atom. The van der Waals surface area contributed by atoms with Gasteiger partial charge in [-0.15, -0.1) is 0 Å². The SMILES string of the molecule is COCCNC(=O)C1(n2ccnc2)CCN(S(=O)(=O)c2cn(C)cn2)CC1. The van der Waals surface area contributed by atoms with Crippen molar-refractivity contribution in [2.45, 2.75) is 23.4 Å². The van der Waals surface area contributed by atoms with Crippen molar-refractivity contribution in [1.29, 1.82) is 0 Å². The number of rotatable bonds is 7. The number of hydrogen-bond acceptors (Lipinski definition) is 6. The van der Waals surface area contributed by atoms with Gasteiger partial charge in [-0.25, -0.2) is 18.4 Å². The summed E-state index contributed by atoms with van der Waals surface area (Å²) >= 11 is 0. The number of hydrogen-bond donors (Lipinski definition) is 1. The molecule has 1 aliphatic heterocycles. The third-order valence-corrected chi connectivity index (χ3v) is 6.63. The van der Waals surface area contributed by atoms with Gasteiger partial charge in [0.1, 0.15) is 5.54 Å². The third-order valence-electron chi connectivity index (χ3n) is 4.85. The van der Waals surface area contributed by atoms with Gasteiger partial charge >= 0.3 is 0 Å². The van der Waals surface area contributed by atoms with Crippen LogP contribution in [0, 0.1) is 0 Å². The highest BCUT2D eigenvalue weighted by Crippen LogP contribution is 2.32. The molecular formula is C16H24N6O4S. The Labute approximate surface area is 158 Å². The van der Waals surface area contributed by atoms with E-state index in [1.165, 1.54) is 16.8 Å². The van der Waals surface area contributed by atoms with E-state index in [9.17, 15) is 13.2 Å². The summed E-state index contributed by atoms with van der Waals surface area (Å²) < 4.78 is 35.3. The van der Waals surface area contributed by atoms with E-state index in [-0.39, 0.29) is 24.0 Å². The monoisotopic (exact) mass is 396 g/mol. The van der Waals surface area contributed by atoms with Gasteiger partial charge in [-0.1, -0.05) is 0 Å². The van der Waals surface area contributed by atoms with E-state index >= 15 is 0 Å². The Bertz CT molecular complexity index is 869. The summed E-state index contributed by atoms with van der Waals surface area (Å²) in [6.45, 7) is 1.23. The average Bonchev–Trinajstić information content (AvgIpc) is 3.34. The first-order chi connectivity index (χ1) is 12.9. The highest BCUT2D eigenvalue weighted by molar-refractivity contribution is 7.89. The second kappa shape index (κ2) is 7.79. The molecule has 3 heterocycles. The first-order valence-corrected chi connectivity index (χ1v) is 10.1. The minimum absolute atomic E-state index is 0.0182. The molecule has 0 radical (unpaired) electrons. The lowest BCUT2D eigenvalue weighted by Crippen LogP contribution is -2.56. The quantitative estimate of drug-likeness (QED) is 0.635. The van der Waals surface area contributed by atoms with Crippen LogP contribution in [0.1, 0.15) is 12.8 Å². The number of carbonyl (C=O) groups is 1. The maximum Gasteiger partial charge on any atom is 0.262 e. The number of aryl methyl sites for hydroxylation is 1. The Balaban J connectivity index is 1.79. The molecule has 11 heteroatoms. The van der Waals surface area contributed by atoms with Crippen molar-refractivity contribution in [3.8, 4) is 0 Å². The van der Waals surface area contributed by atoms with E-state index < -0.39 is 15.6 Å². The van der Waals surface area contributed by atoms with Crippen molar-refractivity contribution in [3.63, 3.8) is 0 Å². The summed E-state index contributed by atoms with van der Waals surface area (Å²) in [6, 6.07) is 0. The Morgan fingerprint density at radius 2 is 2.07 bits per heavy atom. The summed E-state index contributed by atoms with van der Waals surface area (Å²) in [6.07, 6.45) is 8.56. The fourth-order valence-corrected chi connectivity index (χ4v) is 4.70. The number of aromatic nitrogens is 4. The van der Waals surface area contributed by atoms with Gasteiger partial charge in [-0.3, -0.25) is 4.79 Å². The van der Waals surface area contributed by atoms with Crippen molar-refractivity contribution in [1.82, 2.24) is 28.7 Å².